The Balaban J connectivity index is 2.04. The molecule has 0 spiro atoms. The van der Waals surface area contributed by atoms with Crippen LogP contribution in [0.25, 0.3) is 0 Å². The summed E-state index contributed by atoms with van der Waals surface area (Å²) in [6.07, 6.45) is 0.737. The number of nitrogens with one attached hydrogen (secondary N) is 1. The highest BCUT2D eigenvalue weighted by atomic mass is 35.5. The van der Waals surface area contributed by atoms with Gasteiger partial charge in [0.15, 0.2) is 0 Å². The summed E-state index contributed by atoms with van der Waals surface area (Å²) < 4.78 is 28.5. The molecule has 0 aliphatic carbocycles. The van der Waals surface area contributed by atoms with Gasteiger partial charge in [-0.05, 0) is 56.2 Å². The molecule has 38 heavy (non-hydrogen) atoms. The van der Waals surface area contributed by atoms with E-state index in [2.05, 4.69) is 5.32 Å². The highest BCUT2D eigenvalue weighted by Gasteiger charge is 2.33. The van der Waals surface area contributed by atoms with Crippen LogP contribution >= 0.6 is 23.2 Å². The summed E-state index contributed by atoms with van der Waals surface area (Å²) in [6.45, 7) is 5.49. The van der Waals surface area contributed by atoms with Gasteiger partial charge in [0, 0.05) is 18.1 Å². The van der Waals surface area contributed by atoms with E-state index in [0.717, 1.165) is 21.9 Å². The number of halogens is 2. The quantitative estimate of drug-likeness (QED) is 0.330. The molecule has 10 heteroatoms. The Bertz CT molecular complexity index is 1370. The summed E-state index contributed by atoms with van der Waals surface area (Å²) in [7, 11) is -4.22. The topological polar surface area (TPSA) is 86.8 Å². The largest absolute Gasteiger partial charge is 0.354 e. The maximum absolute atomic E-state index is 13.9. The van der Waals surface area contributed by atoms with Gasteiger partial charge in [-0.15, -0.1) is 0 Å². The molecule has 0 fully saturated rings. The normalized spacial score (nSPS) is 12.0. The second-order valence-corrected chi connectivity index (χ2v) is 11.6. The summed E-state index contributed by atoms with van der Waals surface area (Å²) in [6, 6.07) is 18.9. The third-order valence-corrected chi connectivity index (χ3v) is 8.31. The third kappa shape index (κ3) is 7.28. The van der Waals surface area contributed by atoms with Crippen molar-refractivity contribution < 1.29 is 18.0 Å². The Morgan fingerprint density at radius 3 is 2.26 bits per heavy atom. The molecule has 1 atom stereocenters. The zero-order valence-corrected chi connectivity index (χ0v) is 23.9. The molecule has 0 saturated heterocycles. The molecule has 2 amide bonds. The molecule has 3 aromatic rings. The van der Waals surface area contributed by atoms with E-state index in [1.54, 1.807) is 25.1 Å². The minimum Gasteiger partial charge on any atom is -0.354 e. The molecule has 0 aromatic heterocycles. The van der Waals surface area contributed by atoms with Crippen molar-refractivity contribution in [3.05, 3.63) is 94.0 Å². The first-order chi connectivity index (χ1) is 18.0. The predicted octanol–water partition coefficient (Wildman–Crippen LogP) is 5.44. The van der Waals surface area contributed by atoms with Crippen molar-refractivity contribution in [1.82, 2.24) is 10.2 Å². The van der Waals surface area contributed by atoms with Gasteiger partial charge in [-0.1, -0.05) is 78.2 Å². The van der Waals surface area contributed by atoms with Gasteiger partial charge < -0.3 is 10.2 Å². The number of hydrogen-bond donors (Lipinski definition) is 1. The maximum atomic E-state index is 13.9. The summed E-state index contributed by atoms with van der Waals surface area (Å²) >= 11 is 12.6. The van der Waals surface area contributed by atoms with Crippen LogP contribution in [0.4, 0.5) is 5.69 Å². The predicted molar refractivity (Wildman–Crippen MR) is 152 cm³/mol. The van der Waals surface area contributed by atoms with Crippen molar-refractivity contribution >= 4 is 50.7 Å². The van der Waals surface area contributed by atoms with E-state index in [1.165, 1.54) is 35.2 Å². The number of anilines is 1. The van der Waals surface area contributed by atoms with Crippen molar-refractivity contribution in [3.8, 4) is 0 Å². The van der Waals surface area contributed by atoms with Crippen molar-refractivity contribution in [2.45, 2.75) is 44.7 Å². The molecule has 0 bridgehead atoms. The lowest BCUT2D eigenvalue weighted by molar-refractivity contribution is -0.139. The first kappa shape index (κ1) is 29.5. The van der Waals surface area contributed by atoms with Gasteiger partial charge in [0.2, 0.25) is 11.8 Å². The standard InChI is InChI=1S/C28H31Cl2N3O4S/c1-4-16-31-28(35)21(3)32(18-22-12-10-20(2)11-13-22)27(34)19-33(26-17-23(29)14-15-25(26)30)38(36,37)24-8-6-5-7-9-24/h5-15,17,21H,4,16,18-19H2,1-3H3,(H,31,35)/t21-/m1/s1. The fraction of sp³-hybridized carbons (Fsp3) is 0.286. The van der Waals surface area contributed by atoms with E-state index in [4.69, 9.17) is 23.2 Å². The van der Waals surface area contributed by atoms with Crippen LogP contribution in [0.5, 0.6) is 0 Å². The highest BCUT2D eigenvalue weighted by Crippen LogP contribution is 2.33. The van der Waals surface area contributed by atoms with Crippen LogP contribution < -0.4 is 9.62 Å². The summed E-state index contributed by atoms with van der Waals surface area (Å²) in [5, 5.41) is 3.19. The maximum Gasteiger partial charge on any atom is 0.264 e. The average Bonchev–Trinajstić information content (AvgIpc) is 2.91. The fourth-order valence-electron chi connectivity index (χ4n) is 3.78. The molecule has 0 heterocycles. The lowest BCUT2D eigenvalue weighted by Crippen LogP contribution is -2.51. The van der Waals surface area contributed by atoms with Crippen LogP contribution in [-0.2, 0) is 26.2 Å². The zero-order chi connectivity index (χ0) is 27.9. The Labute approximate surface area is 234 Å². The highest BCUT2D eigenvalue weighted by molar-refractivity contribution is 7.92. The minimum absolute atomic E-state index is 0.0114. The Hall–Kier alpha value is -3.07. The molecule has 7 nitrogen and oxygen atoms in total. The summed E-state index contributed by atoms with van der Waals surface area (Å²) in [5.74, 6) is -0.897. The lowest BCUT2D eigenvalue weighted by Gasteiger charge is -2.32. The number of nitrogens with zero attached hydrogens (tertiary/aromatic N) is 2. The van der Waals surface area contributed by atoms with Crippen LogP contribution in [0.2, 0.25) is 10.0 Å². The third-order valence-electron chi connectivity index (χ3n) is 5.98. The van der Waals surface area contributed by atoms with Crippen molar-refractivity contribution in [3.63, 3.8) is 0 Å². The van der Waals surface area contributed by atoms with Crippen LogP contribution in [0.15, 0.2) is 77.7 Å². The molecule has 0 saturated carbocycles. The second kappa shape index (κ2) is 13.1. The van der Waals surface area contributed by atoms with Gasteiger partial charge >= 0.3 is 0 Å². The van der Waals surface area contributed by atoms with E-state index < -0.39 is 28.5 Å². The van der Waals surface area contributed by atoms with Crippen LogP contribution in [0.1, 0.15) is 31.4 Å². The molecule has 0 aliphatic heterocycles. The summed E-state index contributed by atoms with van der Waals surface area (Å²) in [5.41, 5.74) is 1.92. The molecule has 0 aliphatic rings. The van der Waals surface area contributed by atoms with Gasteiger partial charge in [0.05, 0.1) is 15.6 Å². The van der Waals surface area contributed by atoms with Crippen LogP contribution in [0.3, 0.4) is 0 Å². The second-order valence-electron chi connectivity index (χ2n) is 8.89. The van der Waals surface area contributed by atoms with E-state index in [1.807, 2.05) is 38.1 Å². The van der Waals surface area contributed by atoms with Gasteiger partial charge in [-0.2, -0.15) is 0 Å². The lowest BCUT2D eigenvalue weighted by atomic mass is 10.1. The van der Waals surface area contributed by atoms with E-state index in [0.29, 0.717) is 6.54 Å². The van der Waals surface area contributed by atoms with Gasteiger partial charge in [0.25, 0.3) is 10.0 Å². The number of benzene rings is 3. The average molecular weight is 577 g/mol. The molecule has 3 aromatic carbocycles. The monoisotopic (exact) mass is 575 g/mol. The number of carbonyl (C=O) groups excluding carboxylic acids is 2. The van der Waals surface area contributed by atoms with E-state index in [9.17, 15) is 18.0 Å². The number of rotatable bonds is 11. The Morgan fingerprint density at radius 1 is 0.974 bits per heavy atom. The van der Waals surface area contributed by atoms with Gasteiger partial charge in [-0.25, -0.2) is 8.42 Å². The first-order valence-electron chi connectivity index (χ1n) is 12.2. The number of carbonyl (C=O) groups is 2. The fourth-order valence-corrected chi connectivity index (χ4v) is 5.66. The van der Waals surface area contributed by atoms with Gasteiger partial charge in [0.1, 0.15) is 12.6 Å². The SMILES string of the molecule is CCCNC(=O)[C@@H](C)N(Cc1ccc(C)cc1)C(=O)CN(c1cc(Cl)ccc1Cl)S(=O)(=O)c1ccccc1. The van der Waals surface area contributed by atoms with Crippen LogP contribution in [-0.4, -0.2) is 44.3 Å². The molecule has 0 radical (unpaired) electrons. The van der Waals surface area contributed by atoms with Crippen molar-refractivity contribution in [1.29, 1.82) is 0 Å². The first-order valence-corrected chi connectivity index (χ1v) is 14.4. The van der Waals surface area contributed by atoms with E-state index >= 15 is 0 Å². The molecule has 1 N–H and O–H groups in total. The summed E-state index contributed by atoms with van der Waals surface area (Å²) in [4.78, 5) is 28.1. The van der Waals surface area contributed by atoms with Crippen molar-refractivity contribution in [2.24, 2.45) is 0 Å². The molecular formula is C28H31Cl2N3O4S. The smallest absolute Gasteiger partial charge is 0.264 e. The molecule has 202 valence electrons. The van der Waals surface area contributed by atoms with Crippen molar-refractivity contribution in [2.75, 3.05) is 17.4 Å². The zero-order valence-electron chi connectivity index (χ0n) is 21.5. The number of sulfonamides is 1. The number of aryl methyl sites for hydroxylation is 1. The van der Waals surface area contributed by atoms with E-state index in [-0.39, 0.29) is 33.1 Å². The Morgan fingerprint density at radius 2 is 1.63 bits per heavy atom. The molecule has 0 unspecified atom stereocenters. The number of hydrogen-bond acceptors (Lipinski definition) is 4. The minimum atomic E-state index is -4.22. The Kier molecular flexibility index (Phi) is 10.2. The number of amides is 2. The van der Waals surface area contributed by atoms with Crippen LogP contribution in [0, 0.1) is 6.92 Å². The van der Waals surface area contributed by atoms with Gasteiger partial charge in [-0.3, -0.25) is 13.9 Å². The molecule has 3 rings (SSSR count). The molecular weight excluding hydrogens is 545 g/mol.